The third-order valence-corrected chi connectivity index (χ3v) is 5.23. The van der Waals surface area contributed by atoms with Crippen LogP contribution in [-0.4, -0.2) is 42.2 Å². The number of aliphatic hydroxyl groups excluding tert-OH is 1. The molecule has 2 aliphatic heterocycles. The number of hydrogen-bond donors (Lipinski definition) is 1. The Morgan fingerprint density at radius 3 is 2.26 bits per heavy atom. The maximum atomic E-state index is 12.5. The molecule has 0 saturated carbocycles. The van der Waals surface area contributed by atoms with Crippen molar-refractivity contribution in [2.24, 2.45) is 11.8 Å². The third-order valence-electron chi connectivity index (χ3n) is 5.23. The van der Waals surface area contributed by atoms with Gasteiger partial charge in [-0.25, -0.2) is 0 Å². The average Bonchev–Trinajstić information content (AvgIpc) is 2.63. The molecule has 126 valence electrons. The molecule has 1 aromatic carbocycles. The van der Waals surface area contributed by atoms with Crippen molar-refractivity contribution in [3.8, 4) is 0 Å². The summed E-state index contributed by atoms with van der Waals surface area (Å²) in [5.74, 6) is 1.19. The number of carbonyl (C=O) groups excluding carboxylic acids is 1. The van der Waals surface area contributed by atoms with Gasteiger partial charge in [0.1, 0.15) is 0 Å². The summed E-state index contributed by atoms with van der Waals surface area (Å²) in [5.41, 5.74) is 2.29. The Hall–Kier alpha value is -1.39. The van der Waals surface area contributed by atoms with Crippen molar-refractivity contribution in [3.63, 3.8) is 0 Å². The van der Waals surface area contributed by atoms with E-state index in [0.717, 1.165) is 64.0 Å². The van der Waals surface area contributed by atoms with Crippen LogP contribution in [0.2, 0.25) is 0 Å². The highest BCUT2D eigenvalue weighted by atomic mass is 16.5. The van der Waals surface area contributed by atoms with Gasteiger partial charge in [-0.1, -0.05) is 24.3 Å². The summed E-state index contributed by atoms with van der Waals surface area (Å²) < 4.78 is 5.35. The van der Waals surface area contributed by atoms with Crippen molar-refractivity contribution in [2.75, 3.05) is 26.3 Å². The molecule has 0 aliphatic carbocycles. The second-order valence-corrected chi connectivity index (χ2v) is 6.83. The van der Waals surface area contributed by atoms with E-state index in [2.05, 4.69) is 17.0 Å². The number of aliphatic hydroxyl groups is 1. The zero-order valence-electron chi connectivity index (χ0n) is 13.7. The molecule has 4 nitrogen and oxygen atoms in total. The molecule has 1 N–H and O–H groups in total. The number of piperidine rings is 1. The van der Waals surface area contributed by atoms with Crippen LogP contribution in [0.25, 0.3) is 0 Å². The summed E-state index contributed by atoms with van der Waals surface area (Å²) in [4.78, 5) is 14.6. The monoisotopic (exact) mass is 317 g/mol. The van der Waals surface area contributed by atoms with Gasteiger partial charge in [-0.15, -0.1) is 0 Å². The van der Waals surface area contributed by atoms with Gasteiger partial charge in [0.2, 0.25) is 5.91 Å². The predicted octanol–water partition coefficient (Wildman–Crippen LogP) is 2.39. The first-order chi connectivity index (χ1) is 11.3. The maximum absolute atomic E-state index is 12.5. The molecule has 0 unspecified atom stereocenters. The Morgan fingerprint density at radius 2 is 1.65 bits per heavy atom. The lowest BCUT2D eigenvalue weighted by atomic mass is 9.89. The molecule has 2 heterocycles. The number of ether oxygens (including phenoxy) is 1. The van der Waals surface area contributed by atoms with Crippen LogP contribution in [0.3, 0.4) is 0 Å². The normalized spacial score (nSPS) is 20.7. The largest absolute Gasteiger partial charge is 0.392 e. The minimum absolute atomic E-state index is 0.104. The van der Waals surface area contributed by atoms with Gasteiger partial charge in [-0.3, -0.25) is 4.79 Å². The number of carbonyl (C=O) groups is 1. The molecule has 0 radical (unpaired) electrons. The number of rotatable bonds is 4. The van der Waals surface area contributed by atoms with E-state index in [1.54, 1.807) is 0 Å². The van der Waals surface area contributed by atoms with E-state index in [1.165, 1.54) is 5.56 Å². The molecular weight excluding hydrogens is 290 g/mol. The third kappa shape index (κ3) is 4.33. The van der Waals surface area contributed by atoms with Crippen LogP contribution in [0.15, 0.2) is 24.3 Å². The number of hydrogen-bond acceptors (Lipinski definition) is 3. The van der Waals surface area contributed by atoms with E-state index in [9.17, 15) is 4.79 Å². The summed E-state index contributed by atoms with van der Waals surface area (Å²) in [6.07, 6.45) is 5.03. The minimum Gasteiger partial charge on any atom is -0.392 e. The van der Waals surface area contributed by atoms with Crippen LogP contribution in [0.1, 0.15) is 36.8 Å². The molecule has 0 atom stereocenters. The van der Waals surface area contributed by atoms with Crippen molar-refractivity contribution in [1.29, 1.82) is 0 Å². The van der Waals surface area contributed by atoms with Crippen LogP contribution in [0.5, 0.6) is 0 Å². The standard InChI is InChI=1S/C19H27NO3/c21-14-17-3-1-15(2-4-17)13-16-5-9-20(10-6-16)19(22)18-7-11-23-12-8-18/h1-4,16,18,21H,5-14H2. The van der Waals surface area contributed by atoms with Gasteiger partial charge in [0, 0.05) is 32.2 Å². The van der Waals surface area contributed by atoms with Crippen molar-refractivity contribution in [2.45, 2.75) is 38.7 Å². The molecule has 4 heteroatoms. The van der Waals surface area contributed by atoms with Gasteiger partial charge in [-0.2, -0.15) is 0 Å². The van der Waals surface area contributed by atoms with Crippen molar-refractivity contribution in [1.82, 2.24) is 4.90 Å². The van der Waals surface area contributed by atoms with Gasteiger partial charge < -0.3 is 14.7 Å². The molecule has 1 amide bonds. The summed E-state index contributed by atoms with van der Waals surface area (Å²) in [5, 5.41) is 9.09. The quantitative estimate of drug-likeness (QED) is 0.927. The summed E-state index contributed by atoms with van der Waals surface area (Å²) in [6.45, 7) is 3.37. The van der Waals surface area contributed by atoms with E-state index in [0.29, 0.717) is 11.8 Å². The van der Waals surface area contributed by atoms with Gasteiger partial charge in [0.25, 0.3) is 0 Å². The van der Waals surface area contributed by atoms with E-state index in [1.807, 2.05) is 12.1 Å². The molecule has 0 aromatic heterocycles. The second kappa shape index (κ2) is 7.93. The molecular formula is C19H27NO3. The Morgan fingerprint density at radius 1 is 1.04 bits per heavy atom. The van der Waals surface area contributed by atoms with E-state index >= 15 is 0 Å². The highest BCUT2D eigenvalue weighted by Gasteiger charge is 2.29. The van der Waals surface area contributed by atoms with Crippen molar-refractivity contribution >= 4 is 5.91 Å². The van der Waals surface area contributed by atoms with Crippen LogP contribution < -0.4 is 0 Å². The second-order valence-electron chi connectivity index (χ2n) is 6.83. The van der Waals surface area contributed by atoms with Crippen molar-refractivity contribution < 1.29 is 14.6 Å². The SMILES string of the molecule is O=C(C1CCOCC1)N1CCC(Cc2ccc(CO)cc2)CC1. The van der Waals surface area contributed by atoms with Crippen LogP contribution in [-0.2, 0) is 22.6 Å². The fourth-order valence-corrected chi connectivity index (χ4v) is 3.67. The Bertz CT molecular complexity index is 500. The minimum atomic E-state index is 0.104. The van der Waals surface area contributed by atoms with Gasteiger partial charge in [0.15, 0.2) is 0 Å². The Kier molecular flexibility index (Phi) is 5.68. The first-order valence-electron chi connectivity index (χ1n) is 8.81. The average molecular weight is 317 g/mol. The fourth-order valence-electron chi connectivity index (χ4n) is 3.67. The lowest BCUT2D eigenvalue weighted by Gasteiger charge is -2.35. The predicted molar refractivity (Wildman–Crippen MR) is 88.9 cm³/mol. The van der Waals surface area contributed by atoms with E-state index < -0.39 is 0 Å². The number of nitrogens with zero attached hydrogens (tertiary/aromatic N) is 1. The lowest BCUT2D eigenvalue weighted by molar-refractivity contribution is -0.139. The van der Waals surface area contributed by atoms with Gasteiger partial charge >= 0.3 is 0 Å². The number of likely N-dealkylation sites (tertiary alicyclic amines) is 1. The first kappa shape index (κ1) is 16.5. The Labute approximate surface area is 138 Å². The summed E-state index contributed by atoms with van der Waals surface area (Å²) >= 11 is 0. The molecule has 0 spiro atoms. The smallest absolute Gasteiger partial charge is 0.225 e. The van der Waals surface area contributed by atoms with Crippen LogP contribution >= 0.6 is 0 Å². The van der Waals surface area contributed by atoms with E-state index in [4.69, 9.17) is 9.84 Å². The van der Waals surface area contributed by atoms with Crippen LogP contribution in [0, 0.1) is 11.8 Å². The zero-order chi connectivity index (χ0) is 16.1. The summed E-state index contributed by atoms with van der Waals surface area (Å²) in [7, 11) is 0. The first-order valence-corrected chi connectivity index (χ1v) is 8.81. The van der Waals surface area contributed by atoms with Gasteiger partial charge in [0.05, 0.1) is 6.61 Å². The van der Waals surface area contributed by atoms with E-state index in [-0.39, 0.29) is 12.5 Å². The van der Waals surface area contributed by atoms with Crippen molar-refractivity contribution in [3.05, 3.63) is 35.4 Å². The number of amides is 1. The molecule has 2 aliphatic rings. The fraction of sp³-hybridized carbons (Fsp3) is 0.632. The number of benzene rings is 1. The topological polar surface area (TPSA) is 49.8 Å². The summed E-state index contributed by atoms with van der Waals surface area (Å²) in [6, 6.07) is 8.23. The molecule has 0 bridgehead atoms. The molecule has 3 rings (SSSR count). The molecule has 23 heavy (non-hydrogen) atoms. The maximum Gasteiger partial charge on any atom is 0.225 e. The highest BCUT2D eigenvalue weighted by Crippen LogP contribution is 2.25. The highest BCUT2D eigenvalue weighted by molar-refractivity contribution is 5.79. The molecule has 1 aromatic rings. The lowest BCUT2D eigenvalue weighted by Crippen LogP contribution is -2.43. The molecule has 2 fully saturated rings. The molecule has 2 saturated heterocycles. The zero-order valence-corrected chi connectivity index (χ0v) is 13.7. The van der Waals surface area contributed by atoms with Crippen LogP contribution in [0.4, 0.5) is 0 Å². The Balaban J connectivity index is 1.46. The van der Waals surface area contributed by atoms with Gasteiger partial charge in [-0.05, 0) is 49.1 Å².